The third-order valence-electron chi connectivity index (χ3n) is 6.27. The summed E-state index contributed by atoms with van der Waals surface area (Å²) in [5.74, 6) is -1.90. The van der Waals surface area contributed by atoms with E-state index in [0.29, 0.717) is 24.9 Å². The van der Waals surface area contributed by atoms with Gasteiger partial charge in [-0.3, -0.25) is 24.1 Å². The number of carbonyl (C=O) groups is 4. The summed E-state index contributed by atoms with van der Waals surface area (Å²) >= 11 is 0. The van der Waals surface area contributed by atoms with Crippen molar-refractivity contribution in [1.82, 2.24) is 15.1 Å². The van der Waals surface area contributed by atoms with E-state index in [9.17, 15) is 23.6 Å². The number of nitrogens with one attached hydrogen (secondary N) is 1. The smallest absolute Gasteiger partial charge is 0.242 e. The molecular formula is C25H32FN3O4. The molecule has 3 rings (SSSR count). The zero-order chi connectivity index (χ0) is 24.1. The summed E-state index contributed by atoms with van der Waals surface area (Å²) in [7, 11) is 0. The van der Waals surface area contributed by atoms with E-state index in [-0.39, 0.29) is 66.7 Å². The van der Waals surface area contributed by atoms with Crippen molar-refractivity contribution >= 4 is 23.6 Å². The quantitative estimate of drug-likeness (QED) is 0.456. The third kappa shape index (κ3) is 5.86. The molecule has 0 radical (unpaired) electrons. The fourth-order valence-electron chi connectivity index (χ4n) is 4.26. The van der Waals surface area contributed by atoms with Gasteiger partial charge in [0.2, 0.25) is 23.6 Å². The van der Waals surface area contributed by atoms with Crippen LogP contribution < -0.4 is 5.32 Å². The van der Waals surface area contributed by atoms with Crippen LogP contribution in [-0.2, 0) is 25.7 Å². The minimum atomic E-state index is -0.766. The van der Waals surface area contributed by atoms with Gasteiger partial charge in [0.25, 0.3) is 0 Å². The SMILES string of the molecule is CC(C)CNC(=O)C(C)N(Cc1ccc(F)cc1)C(=O)CCN1C(=O)[C@H]2CC=CC[C@H]2C1=O. The lowest BCUT2D eigenvalue weighted by molar-refractivity contribution is -0.143. The molecule has 2 aliphatic rings. The van der Waals surface area contributed by atoms with Gasteiger partial charge in [-0.1, -0.05) is 38.1 Å². The molecule has 1 unspecified atom stereocenters. The topological polar surface area (TPSA) is 86.8 Å². The monoisotopic (exact) mass is 457 g/mol. The van der Waals surface area contributed by atoms with Crippen LogP contribution >= 0.6 is 0 Å². The molecule has 33 heavy (non-hydrogen) atoms. The fraction of sp³-hybridized carbons (Fsp3) is 0.520. The van der Waals surface area contributed by atoms with Crippen LogP contribution in [0.15, 0.2) is 36.4 Å². The van der Waals surface area contributed by atoms with Crippen LogP contribution in [0.25, 0.3) is 0 Å². The number of imide groups is 1. The normalized spacial score (nSPS) is 20.7. The summed E-state index contributed by atoms with van der Waals surface area (Å²) in [6.45, 7) is 6.18. The Bertz CT molecular complexity index is 902. The highest BCUT2D eigenvalue weighted by molar-refractivity contribution is 6.05. The van der Waals surface area contributed by atoms with Gasteiger partial charge in [-0.2, -0.15) is 0 Å². The minimum Gasteiger partial charge on any atom is -0.354 e. The van der Waals surface area contributed by atoms with E-state index in [0.717, 1.165) is 0 Å². The zero-order valence-electron chi connectivity index (χ0n) is 19.4. The number of nitrogens with zero attached hydrogens (tertiary/aromatic N) is 2. The molecule has 1 saturated heterocycles. The summed E-state index contributed by atoms with van der Waals surface area (Å²) in [4.78, 5) is 53.9. The zero-order valence-corrected chi connectivity index (χ0v) is 19.4. The van der Waals surface area contributed by atoms with E-state index in [1.54, 1.807) is 19.1 Å². The molecule has 1 aliphatic heterocycles. The first-order chi connectivity index (χ1) is 15.7. The maximum atomic E-state index is 13.3. The van der Waals surface area contributed by atoms with E-state index in [1.165, 1.54) is 21.9 Å². The van der Waals surface area contributed by atoms with Gasteiger partial charge in [-0.15, -0.1) is 0 Å². The largest absolute Gasteiger partial charge is 0.354 e. The van der Waals surface area contributed by atoms with Crippen molar-refractivity contribution in [2.45, 2.75) is 52.6 Å². The van der Waals surface area contributed by atoms with Crippen LogP contribution in [-0.4, -0.2) is 52.6 Å². The second-order valence-corrected chi connectivity index (χ2v) is 9.20. The van der Waals surface area contributed by atoms with Crippen molar-refractivity contribution in [2.24, 2.45) is 17.8 Å². The van der Waals surface area contributed by atoms with Crippen LogP contribution in [0.4, 0.5) is 4.39 Å². The van der Waals surface area contributed by atoms with Crippen molar-refractivity contribution in [2.75, 3.05) is 13.1 Å². The van der Waals surface area contributed by atoms with Crippen LogP contribution in [0.5, 0.6) is 0 Å². The Labute approximate surface area is 194 Å². The van der Waals surface area contributed by atoms with E-state index in [1.807, 2.05) is 26.0 Å². The second-order valence-electron chi connectivity index (χ2n) is 9.20. The van der Waals surface area contributed by atoms with Crippen LogP contribution in [0, 0.1) is 23.6 Å². The Kier molecular flexibility index (Phi) is 8.00. The maximum absolute atomic E-state index is 13.3. The third-order valence-corrected chi connectivity index (χ3v) is 6.27. The first-order valence-corrected chi connectivity index (χ1v) is 11.5. The van der Waals surface area contributed by atoms with Gasteiger partial charge in [-0.05, 0) is 43.4 Å². The molecule has 178 valence electrons. The number of hydrogen-bond acceptors (Lipinski definition) is 4. The molecule has 1 fully saturated rings. The molecule has 0 saturated carbocycles. The molecule has 0 aromatic heterocycles. The van der Waals surface area contributed by atoms with Gasteiger partial charge in [0, 0.05) is 26.1 Å². The molecule has 1 aliphatic carbocycles. The van der Waals surface area contributed by atoms with Gasteiger partial charge in [0.05, 0.1) is 11.8 Å². The first-order valence-electron chi connectivity index (χ1n) is 11.5. The van der Waals surface area contributed by atoms with Gasteiger partial charge >= 0.3 is 0 Å². The Morgan fingerprint density at radius 3 is 2.18 bits per heavy atom. The summed E-state index contributed by atoms with van der Waals surface area (Å²) in [6.07, 6.45) is 4.85. The Morgan fingerprint density at radius 2 is 1.64 bits per heavy atom. The van der Waals surface area contributed by atoms with E-state index >= 15 is 0 Å². The van der Waals surface area contributed by atoms with Crippen molar-refractivity contribution in [3.8, 4) is 0 Å². The predicted octanol–water partition coefficient (Wildman–Crippen LogP) is 2.66. The molecule has 1 N–H and O–H groups in total. The Morgan fingerprint density at radius 1 is 1.06 bits per heavy atom. The predicted molar refractivity (Wildman–Crippen MR) is 121 cm³/mol. The standard InChI is InChI=1S/C25H32FN3O4/c1-16(2)14-27-23(31)17(3)29(15-18-8-10-19(26)11-9-18)22(30)12-13-28-24(32)20-6-4-5-7-21(20)25(28)33/h4-5,8-11,16-17,20-21H,6-7,12-15H2,1-3H3,(H,27,31)/t17?,20-,21+. The first kappa shape index (κ1) is 24.6. The molecule has 0 spiro atoms. The van der Waals surface area contributed by atoms with Crippen molar-refractivity contribution in [3.05, 3.63) is 47.8 Å². The van der Waals surface area contributed by atoms with E-state index in [4.69, 9.17) is 0 Å². The molecule has 0 bridgehead atoms. The van der Waals surface area contributed by atoms with Gasteiger partial charge in [0.1, 0.15) is 11.9 Å². The lowest BCUT2D eigenvalue weighted by Crippen LogP contribution is -2.49. The number of rotatable bonds is 9. The van der Waals surface area contributed by atoms with Crippen molar-refractivity contribution < 1.29 is 23.6 Å². The summed E-state index contributed by atoms with van der Waals surface area (Å²) in [6, 6.07) is 4.98. The average molecular weight is 458 g/mol. The number of benzene rings is 1. The highest BCUT2D eigenvalue weighted by Crippen LogP contribution is 2.35. The number of amides is 4. The fourth-order valence-corrected chi connectivity index (χ4v) is 4.26. The van der Waals surface area contributed by atoms with E-state index in [2.05, 4.69) is 5.32 Å². The number of fused-ring (bicyclic) bond motifs is 1. The number of hydrogen-bond donors (Lipinski definition) is 1. The van der Waals surface area contributed by atoms with Crippen molar-refractivity contribution in [1.29, 1.82) is 0 Å². The average Bonchev–Trinajstić information content (AvgIpc) is 3.04. The molecule has 3 atom stereocenters. The highest BCUT2D eigenvalue weighted by Gasteiger charge is 2.47. The summed E-state index contributed by atoms with van der Waals surface area (Å²) in [5, 5.41) is 2.84. The lowest BCUT2D eigenvalue weighted by Gasteiger charge is -2.29. The number of allylic oxidation sites excluding steroid dienone is 2. The maximum Gasteiger partial charge on any atom is 0.242 e. The number of halogens is 1. The van der Waals surface area contributed by atoms with Crippen molar-refractivity contribution in [3.63, 3.8) is 0 Å². The molecular weight excluding hydrogens is 425 g/mol. The van der Waals surface area contributed by atoms with Crippen LogP contribution in [0.1, 0.15) is 45.6 Å². The van der Waals surface area contributed by atoms with Gasteiger partial charge < -0.3 is 10.2 Å². The number of likely N-dealkylation sites (tertiary alicyclic amines) is 1. The lowest BCUT2D eigenvalue weighted by atomic mass is 9.85. The molecule has 1 aromatic carbocycles. The molecule has 7 nitrogen and oxygen atoms in total. The highest BCUT2D eigenvalue weighted by atomic mass is 19.1. The minimum absolute atomic E-state index is 0.0102. The van der Waals surface area contributed by atoms with Gasteiger partial charge in [-0.25, -0.2) is 4.39 Å². The second kappa shape index (κ2) is 10.7. The molecule has 1 aromatic rings. The van der Waals surface area contributed by atoms with E-state index < -0.39 is 6.04 Å². The molecule has 4 amide bonds. The Hall–Kier alpha value is -3.03. The summed E-state index contributed by atoms with van der Waals surface area (Å²) < 4.78 is 13.3. The number of carbonyl (C=O) groups excluding carboxylic acids is 4. The Balaban J connectivity index is 1.70. The molecule has 8 heteroatoms. The van der Waals surface area contributed by atoms with Crippen LogP contribution in [0.2, 0.25) is 0 Å². The van der Waals surface area contributed by atoms with Gasteiger partial charge in [0.15, 0.2) is 0 Å². The van der Waals surface area contributed by atoms with Crippen LogP contribution in [0.3, 0.4) is 0 Å². The summed E-state index contributed by atoms with van der Waals surface area (Å²) in [5.41, 5.74) is 0.679. The molecule has 1 heterocycles.